The number of rotatable bonds is 11. The molecule has 47 heavy (non-hydrogen) atoms. The van der Waals surface area contributed by atoms with Crippen LogP contribution in [0.25, 0.3) is 32.3 Å². The van der Waals surface area contributed by atoms with Crippen molar-refractivity contribution in [2.24, 2.45) is 0 Å². The van der Waals surface area contributed by atoms with E-state index in [1.165, 1.54) is 55.6 Å². The quantitative estimate of drug-likeness (QED) is 0.0802. The first-order chi connectivity index (χ1) is 22.0. The molecule has 0 aliphatic rings. The van der Waals surface area contributed by atoms with Gasteiger partial charge in [0.05, 0.1) is 15.5 Å². The van der Waals surface area contributed by atoms with Gasteiger partial charge in [-0.2, -0.15) is 0 Å². The van der Waals surface area contributed by atoms with Crippen molar-refractivity contribution in [3.8, 4) is 5.75 Å². The lowest BCUT2D eigenvalue weighted by Gasteiger charge is -2.23. The Morgan fingerprint density at radius 3 is 2.02 bits per heavy atom. The summed E-state index contributed by atoms with van der Waals surface area (Å²) in [5, 5.41) is 17.5. The average Bonchev–Trinajstić information content (AvgIpc) is 3.02. The summed E-state index contributed by atoms with van der Waals surface area (Å²) in [7, 11) is -6.99. The number of carbonyl (C=O) groups is 2. The van der Waals surface area contributed by atoms with Gasteiger partial charge in [-0.15, -0.1) is 0 Å². The van der Waals surface area contributed by atoms with Crippen molar-refractivity contribution in [2.75, 3.05) is 30.7 Å². The van der Waals surface area contributed by atoms with E-state index in [0.29, 0.717) is 25.1 Å². The molecule has 0 fully saturated rings. The van der Waals surface area contributed by atoms with E-state index < -0.39 is 42.6 Å². The monoisotopic (exact) mass is 696 g/mol. The number of aromatic hydroxyl groups is 1. The van der Waals surface area contributed by atoms with Crippen LogP contribution in [0.4, 0.5) is 5.69 Å². The van der Waals surface area contributed by atoms with Crippen LogP contribution >= 0.6 is 0 Å². The highest BCUT2D eigenvalue weighted by Crippen LogP contribution is 2.45. The van der Waals surface area contributed by atoms with Gasteiger partial charge in [-0.1, -0.05) is 24.8 Å². The summed E-state index contributed by atoms with van der Waals surface area (Å²) in [4.78, 5) is 23.3. The number of carbonyl (C=O) groups excluding carboxylic acids is 2. The molecule has 0 spiro atoms. The molecule has 5 aromatic carbocycles. The average molecular weight is 697 g/mol. The van der Waals surface area contributed by atoms with Crippen molar-refractivity contribution in [3.05, 3.63) is 78.4 Å². The number of sulfone groups is 1. The van der Waals surface area contributed by atoms with Crippen molar-refractivity contribution < 1.29 is 40.3 Å². The molecule has 1 atom stereocenters. The van der Waals surface area contributed by atoms with E-state index in [-0.39, 0.29) is 64.2 Å². The number of sulfonamides is 1. The zero-order chi connectivity index (χ0) is 34.4. The third-order valence-electron chi connectivity index (χ3n) is 7.79. The van der Waals surface area contributed by atoms with E-state index in [0.717, 1.165) is 22.7 Å². The Kier molecular flexibility index (Phi) is 9.03. The van der Waals surface area contributed by atoms with Crippen LogP contribution in [-0.2, 0) is 35.7 Å². The van der Waals surface area contributed by atoms with Gasteiger partial charge in [0, 0.05) is 70.0 Å². The molecule has 0 saturated heterocycles. The predicted molar refractivity (Wildman–Crippen MR) is 179 cm³/mol. The van der Waals surface area contributed by atoms with E-state index in [9.17, 15) is 40.3 Å². The first-order valence-corrected chi connectivity index (χ1v) is 18.5. The minimum Gasteiger partial charge on any atom is -0.768 e. The Balaban J connectivity index is 1.50. The first kappa shape index (κ1) is 33.8. The first-order valence-electron chi connectivity index (χ1n) is 14.1. The van der Waals surface area contributed by atoms with Crippen molar-refractivity contribution in [1.82, 2.24) is 10.6 Å². The highest BCUT2D eigenvalue weighted by atomic mass is 32.2. The van der Waals surface area contributed by atoms with Gasteiger partial charge in [0.2, 0.25) is 5.91 Å². The maximum atomic E-state index is 14.0. The molecule has 15 heteroatoms. The van der Waals surface area contributed by atoms with Crippen molar-refractivity contribution in [1.29, 1.82) is 0 Å². The van der Waals surface area contributed by atoms with E-state index >= 15 is 0 Å². The molecule has 2 amide bonds. The number of nitrogens with zero attached hydrogens (tertiary/aromatic N) is 1. The van der Waals surface area contributed by atoms with Gasteiger partial charge in [-0.3, -0.25) is 18.1 Å². The van der Waals surface area contributed by atoms with Gasteiger partial charge in [-0.25, -0.2) is 16.8 Å². The van der Waals surface area contributed by atoms with Crippen LogP contribution in [-0.4, -0.2) is 68.9 Å². The van der Waals surface area contributed by atoms with E-state index in [1.807, 2.05) is 0 Å². The van der Waals surface area contributed by atoms with E-state index in [2.05, 4.69) is 17.2 Å². The molecule has 0 aliphatic heterocycles. The van der Waals surface area contributed by atoms with Crippen LogP contribution < -0.4 is 14.9 Å². The fraction of sp³-hybridized carbons (Fsp3) is 0.188. The Labute approximate surface area is 273 Å². The van der Waals surface area contributed by atoms with Gasteiger partial charge in [0.15, 0.2) is 9.84 Å². The highest BCUT2D eigenvalue weighted by molar-refractivity contribution is 7.93. The van der Waals surface area contributed by atoms with Crippen LogP contribution in [0.15, 0.2) is 87.5 Å². The number of nitrogens with one attached hydrogen (secondary N) is 2. The predicted octanol–water partition coefficient (Wildman–Crippen LogP) is 3.57. The fourth-order valence-corrected chi connectivity index (χ4v) is 8.33. The molecule has 246 valence electrons. The second-order valence-corrected chi connectivity index (χ2v) is 15.8. The number of hydrogen-bond acceptors (Lipinski definition) is 9. The largest absolute Gasteiger partial charge is 0.768 e. The molecule has 12 nitrogen and oxygen atoms in total. The van der Waals surface area contributed by atoms with Crippen molar-refractivity contribution >= 4 is 80.8 Å². The van der Waals surface area contributed by atoms with E-state index in [4.69, 9.17) is 0 Å². The Bertz CT molecular complexity index is 2340. The number of hydrogen-bond donors (Lipinski definition) is 3. The second-order valence-electron chi connectivity index (χ2n) is 11.0. The number of phenols is 1. The molecule has 0 saturated carbocycles. The van der Waals surface area contributed by atoms with Crippen LogP contribution in [0.2, 0.25) is 0 Å². The molecular formula is C32H30N3O9S3-. The number of anilines is 1. The molecule has 1 unspecified atom stereocenters. The summed E-state index contributed by atoms with van der Waals surface area (Å²) in [6, 6.07) is 13.7. The topological polar surface area (TPSA) is 190 Å². The molecule has 0 heterocycles. The minimum atomic E-state index is -4.38. The number of amides is 2. The molecule has 5 aromatic rings. The molecule has 0 bridgehead atoms. The summed E-state index contributed by atoms with van der Waals surface area (Å²) in [6.45, 7) is 5.79. The normalized spacial score (nSPS) is 12.8. The second kappa shape index (κ2) is 12.6. The number of benzene rings is 5. The number of phenolic OH excluding ortho intramolecular Hbond substituents is 1. The maximum absolute atomic E-state index is 14.0. The van der Waals surface area contributed by atoms with Crippen LogP contribution in [0.1, 0.15) is 23.7 Å². The minimum absolute atomic E-state index is 0.145. The zero-order valence-corrected chi connectivity index (χ0v) is 27.9. The fourth-order valence-electron chi connectivity index (χ4n) is 5.39. The summed E-state index contributed by atoms with van der Waals surface area (Å²) in [6.07, 6.45) is 1.43. The third kappa shape index (κ3) is 6.26. The summed E-state index contributed by atoms with van der Waals surface area (Å²) in [5.74, 6) is -1.06. The lowest BCUT2D eigenvalue weighted by molar-refractivity contribution is -0.117. The smallest absolute Gasteiger partial charge is 0.264 e. The standard InChI is InChI=1S/C32H31N3O9S3/c1-18(2)31(37)33-14-5-15-34-32(38)19-6-8-20(9-7-19)35(3)47(43,44)28-16-25(36)21-10-11-22-26(45(39)40)17-27(46(4,41)42)23-12-13-24(28)29(21)30(22)23/h6-13,16-17,36H,1,5,14-15H2,2-4H3,(H,33,37)(H,34,38)(H,39,40)/p-1. The molecule has 0 aliphatic carbocycles. The van der Waals surface area contributed by atoms with Gasteiger partial charge in [-0.05, 0) is 71.6 Å². The van der Waals surface area contributed by atoms with Gasteiger partial charge >= 0.3 is 0 Å². The lowest BCUT2D eigenvalue weighted by Crippen LogP contribution is -2.30. The van der Waals surface area contributed by atoms with Crippen LogP contribution in [0.3, 0.4) is 0 Å². The SMILES string of the molecule is C=C(C)C(=O)NCCCNC(=O)c1ccc(N(C)S(=O)(=O)c2cc(O)c3ccc4c(S(=O)[O-])cc(S(C)(=O)=O)c5ccc2c3c45)cc1. The molecule has 0 aromatic heterocycles. The lowest BCUT2D eigenvalue weighted by atomic mass is 9.94. The molecular weight excluding hydrogens is 667 g/mol. The highest BCUT2D eigenvalue weighted by Gasteiger charge is 2.28. The van der Waals surface area contributed by atoms with Crippen LogP contribution in [0.5, 0.6) is 5.75 Å². The van der Waals surface area contributed by atoms with Gasteiger partial charge in [0.1, 0.15) is 5.75 Å². The molecule has 0 radical (unpaired) electrons. The zero-order valence-electron chi connectivity index (χ0n) is 25.5. The maximum Gasteiger partial charge on any atom is 0.264 e. The van der Waals surface area contributed by atoms with E-state index in [1.54, 1.807) is 6.92 Å². The Hall–Kier alpha value is -4.57. The van der Waals surface area contributed by atoms with Crippen LogP contribution in [0, 0.1) is 0 Å². The summed E-state index contributed by atoms with van der Waals surface area (Å²) >= 11 is -2.83. The Morgan fingerprint density at radius 1 is 0.872 bits per heavy atom. The molecule has 5 rings (SSSR count). The Morgan fingerprint density at radius 2 is 1.43 bits per heavy atom. The third-order valence-corrected chi connectivity index (χ3v) is 11.4. The van der Waals surface area contributed by atoms with Crippen molar-refractivity contribution in [2.45, 2.75) is 28.0 Å². The molecule has 3 N–H and O–H groups in total. The summed E-state index contributed by atoms with van der Waals surface area (Å²) < 4.78 is 78.8. The summed E-state index contributed by atoms with van der Waals surface area (Å²) in [5.41, 5.74) is 0.866. The van der Waals surface area contributed by atoms with Gasteiger partial charge < -0.3 is 20.3 Å². The van der Waals surface area contributed by atoms with Crippen molar-refractivity contribution in [3.63, 3.8) is 0 Å². The van der Waals surface area contributed by atoms with Gasteiger partial charge in [0.25, 0.3) is 15.9 Å².